The number of carbonyl (C=O) groups is 1. The Morgan fingerprint density at radius 1 is 1.00 bits per heavy atom. The maximum absolute atomic E-state index is 12.7. The van der Waals surface area contributed by atoms with E-state index in [1.165, 1.54) is 11.6 Å². The van der Waals surface area contributed by atoms with Crippen molar-refractivity contribution in [3.05, 3.63) is 83.6 Å². The number of para-hydroxylation sites is 2. The van der Waals surface area contributed by atoms with E-state index >= 15 is 0 Å². The number of ether oxygens (including phenoxy) is 3. The number of pyridine rings is 1. The summed E-state index contributed by atoms with van der Waals surface area (Å²) in [6.07, 6.45) is 7.47. The van der Waals surface area contributed by atoms with E-state index in [0.29, 0.717) is 17.2 Å². The Balaban J connectivity index is 0.00000294. The zero-order chi connectivity index (χ0) is 25.2. The van der Waals surface area contributed by atoms with Crippen molar-refractivity contribution in [1.29, 1.82) is 0 Å². The Morgan fingerprint density at radius 3 is 2.74 bits per heavy atom. The Labute approximate surface area is 227 Å². The second-order valence-corrected chi connectivity index (χ2v) is 9.11. The number of aryl methyl sites for hydroxylation is 1. The topological polar surface area (TPSA) is 81.7 Å². The van der Waals surface area contributed by atoms with E-state index in [2.05, 4.69) is 10.6 Å². The molecule has 8 heteroatoms. The third-order valence-electron chi connectivity index (χ3n) is 6.72. The van der Waals surface area contributed by atoms with Crippen LogP contribution in [0.25, 0.3) is 17.0 Å². The predicted octanol–water partition coefficient (Wildman–Crippen LogP) is 6.67. The lowest BCUT2D eigenvalue weighted by Gasteiger charge is -2.22. The van der Waals surface area contributed by atoms with E-state index in [1.54, 1.807) is 13.2 Å². The Morgan fingerprint density at radius 2 is 1.84 bits per heavy atom. The summed E-state index contributed by atoms with van der Waals surface area (Å²) in [6.45, 7) is 0.219. The third-order valence-corrected chi connectivity index (χ3v) is 6.72. The molecule has 6 rings (SSSR count). The summed E-state index contributed by atoms with van der Waals surface area (Å²) in [5.74, 6) is 1.95. The number of carbonyl (C=O) groups excluding carboxylic acids is 1. The fourth-order valence-corrected chi connectivity index (χ4v) is 4.90. The summed E-state index contributed by atoms with van der Waals surface area (Å²) in [6, 6.07) is 19.3. The van der Waals surface area contributed by atoms with Crippen LogP contribution in [0.15, 0.2) is 66.7 Å². The van der Waals surface area contributed by atoms with Crippen LogP contribution < -0.4 is 24.8 Å². The monoisotopic (exact) mass is 529 g/mol. The second-order valence-electron chi connectivity index (χ2n) is 9.11. The molecule has 1 aliphatic heterocycles. The number of halogens is 1. The van der Waals surface area contributed by atoms with Crippen LogP contribution in [0.5, 0.6) is 17.2 Å². The zero-order valence-corrected chi connectivity index (χ0v) is 21.8. The van der Waals surface area contributed by atoms with Gasteiger partial charge in [-0.2, -0.15) is 0 Å². The van der Waals surface area contributed by atoms with Crippen molar-refractivity contribution in [3.8, 4) is 17.2 Å². The summed E-state index contributed by atoms with van der Waals surface area (Å²) in [5.41, 5.74) is 6.75. The normalized spacial score (nSPS) is 13.6. The maximum Gasteiger partial charge on any atom is 0.248 e. The van der Waals surface area contributed by atoms with E-state index in [0.717, 1.165) is 65.0 Å². The average Bonchev–Trinajstić information content (AvgIpc) is 3.40. The minimum absolute atomic E-state index is 0. The van der Waals surface area contributed by atoms with Crippen molar-refractivity contribution in [2.75, 3.05) is 24.5 Å². The SMILES string of the molecule is COc1ccccc1Nc1c2c(nc3ccc(NC(=O)/C=C/c4ccc5c(c4)OCO5)cc13)CCCC2.Cl. The van der Waals surface area contributed by atoms with Crippen LogP contribution in [0.1, 0.15) is 29.7 Å². The molecule has 2 heterocycles. The van der Waals surface area contributed by atoms with E-state index < -0.39 is 0 Å². The fraction of sp³-hybridized carbons (Fsp3) is 0.200. The lowest BCUT2D eigenvalue weighted by Crippen LogP contribution is -2.11. The van der Waals surface area contributed by atoms with Gasteiger partial charge < -0.3 is 24.8 Å². The van der Waals surface area contributed by atoms with Crippen LogP contribution in [0.4, 0.5) is 17.1 Å². The molecule has 0 spiro atoms. The fourth-order valence-electron chi connectivity index (χ4n) is 4.90. The molecular formula is C30H28ClN3O4. The minimum Gasteiger partial charge on any atom is -0.495 e. The van der Waals surface area contributed by atoms with E-state index in [9.17, 15) is 4.79 Å². The largest absolute Gasteiger partial charge is 0.495 e. The second kappa shape index (κ2) is 11.0. The van der Waals surface area contributed by atoms with Crippen molar-refractivity contribution in [2.45, 2.75) is 25.7 Å². The molecule has 0 unspecified atom stereocenters. The van der Waals surface area contributed by atoms with Crippen LogP contribution >= 0.6 is 12.4 Å². The smallest absolute Gasteiger partial charge is 0.248 e. The molecule has 1 amide bonds. The summed E-state index contributed by atoms with van der Waals surface area (Å²) < 4.78 is 16.3. The quantitative estimate of drug-likeness (QED) is 0.271. The Bertz CT molecular complexity index is 1540. The molecular weight excluding hydrogens is 502 g/mol. The van der Waals surface area contributed by atoms with Crippen LogP contribution in [0.3, 0.4) is 0 Å². The van der Waals surface area contributed by atoms with Crippen LogP contribution in [-0.4, -0.2) is 24.8 Å². The average molecular weight is 530 g/mol. The maximum atomic E-state index is 12.7. The lowest BCUT2D eigenvalue weighted by molar-refractivity contribution is -0.111. The molecule has 0 atom stereocenters. The van der Waals surface area contributed by atoms with E-state index in [4.69, 9.17) is 19.2 Å². The van der Waals surface area contributed by atoms with Crippen molar-refractivity contribution in [2.24, 2.45) is 0 Å². The van der Waals surface area contributed by atoms with Gasteiger partial charge in [0, 0.05) is 22.8 Å². The van der Waals surface area contributed by atoms with Gasteiger partial charge >= 0.3 is 0 Å². The highest BCUT2D eigenvalue weighted by atomic mass is 35.5. The molecule has 38 heavy (non-hydrogen) atoms. The molecule has 194 valence electrons. The van der Waals surface area contributed by atoms with Gasteiger partial charge in [-0.15, -0.1) is 12.4 Å². The highest BCUT2D eigenvalue weighted by Gasteiger charge is 2.20. The van der Waals surface area contributed by atoms with Gasteiger partial charge in [0.05, 0.1) is 24.0 Å². The number of nitrogens with one attached hydrogen (secondary N) is 2. The van der Waals surface area contributed by atoms with Gasteiger partial charge in [0.25, 0.3) is 0 Å². The first-order valence-electron chi connectivity index (χ1n) is 12.4. The molecule has 1 aromatic heterocycles. The molecule has 0 bridgehead atoms. The zero-order valence-electron chi connectivity index (χ0n) is 21.0. The van der Waals surface area contributed by atoms with Gasteiger partial charge in [0.15, 0.2) is 11.5 Å². The van der Waals surface area contributed by atoms with Gasteiger partial charge in [-0.05, 0) is 85.4 Å². The molecule has 0 saturated heterocycles. The van der Waals surface area contributed by atoms with Crippen molar-refractivity contribution in [1.82, 2.24) is 4.98 Å². The minimum atomic E-state index is -0.220. The van der Waals surface area contributed by atoms with Crippen LogP contribution in [0.2, 0.25) is 0 Å². The number of rotatable bonds is 6. The van der Waals surface area contributed by atoms with Crippen molar-refractivity contribution >= 4 is 52.4 Å². The van der Waals surface area contributed by atoms with E-state index in [1.807, 2.05) is 60.7 Å². The first kappa shape index (κ1) is 25.4. The number of fused-ring (bicyclic) bond motifs is 3. The number of methoxy groups -OCH3 is 1. The molecule has 7 nitrogen and oxygen atoms in total. The molecule has 2 aliphatic rings. The molecule has 0 radical (unpaired) electrons. The number of amides is 1. The Hall–Kier alpha value is -4.23. The van der Waals surface area contributed by atoms with Gasteiger partial charge in [-0.25, -0.2) is 0 Å². The first-order valence-corrected chi connectivity index (χ1v) is 12.4. The number of hydrogen-bond acceptors (Lipinski definition) is 6. The van der Waals surface area contributed by atoms with Crippen molar-refractivity contribution < 1.29 is 19.0 Å². The molecule has 0 saturated carbocycles. The van der Waals surface area contributed by atoms with Gasteiger partial charge in [0.2, 0.25) is 12.7 Å². The first-order chi connectivity index (χ1) is 18.2. The van der Waals surface area contributed by atoms with Crippen LogP contribution in [-0.2, 0) is 17.6 Å². The van der Waals surface area contributed by atoms with Crippen LogP contribution in [0, 0.1) is 0 Å². The third kappa shape index (κ3) is 5.10. The summed E-state index contributed by atoms with van der Waals surface area (Å²) in [7, 11) is 1.67. The van der Waals surface area contributed by atoms with Gasteiger partial charge in [-0.3, -0.25) is 9.78 Å². The summed E-state index contributed by atoms with van der Waals surface area (Å²) in [5, 5.41) is 7.58. The number of nitrogens with zero attached hydrogens (tertiary/aromatic N) is 1. The predicted molar refractivity (Wildman–Crippen MR) is 152 cm³/mol. The molecule has 1 aliphatic carbocycles. The van der Waals surface area contributed by atoms with E-state index in [-0.39, 0.29) is 25.1 Å². The molecule has 0 fully saturated rings. The van der Waals surface area contributed by atoms with Gasteiger partial charge in [0.1, 0.15) is 5.75 Å². The number of anilines is 3. The molecule has 4 aromatic rings. The highest BCUT2D eigenvalue weighted by molar-refractivity contribution is 6.04. The van der Waals surface area contributed by atoms with Gasteiger partial charge in [-0.1, -0.05) is 18.2 Å². The van der Waals surface area contributed by atoms with Crippen molar-refractivity contribution in [3.63, 3.8) is 0 Å². The molecule has 3 aromatic carbocycles. The summed E-state index contributed by atoms with van der Waals surface area (Å²) >= 11 is 0. The standard InChI is InChI=1S/C30H27N3O4.ClH/c1-35-26-9-5-4-8-25(26)33-30-21-6-2-3-7-23(21)32-24-13-12-20(17-22(24)30)31-29(34)15-11-19-10-14-27-28(16-19)37-18-36-27;/h4-5,8-17H,2-3,6-7,18H2,1H3,(H,31,34)(H,32,33);1H/b15-11+;. The highest BCUT2D eigenvalue weighted by Crippen LogP contribution is 2.38. The number of hydrogen-bond donors (Lipinski definition) is 2. The molecule has 2 N–H and O–H groups in total. The summed E-state index contributed by atoms with van der Waals surface area (Å²) in [4.78, 5) is 17.7. The number of aromatic nitrogens is 1. The lowest BCUT2D eigenvalue weighted by atomic mass is 9.92. The Kier molecular flexibility index (Phi) is 7.38. The number of benzene rings is 3.